The average Bonchev–Trinajstić information content (AvgIpc) is 2.48. The van der Waals surface area contributed by atoms with Crippen LogP contribution in [0.25, 0.3) is 0 Å². The molecule has 0 aliphatic carbocycles. The van der Waals surface area contributed by atoms with Gasteiger partial charge in [-0.2, -0.15) is 0 Å². The maximum atomic E-state index is 11.7. The van der Waals surface area contributed by atoms with Crippen LogP contribution in [0.15, 0.2) is 18.5 Å². The zero-order chi connectivity index (χ0) is 14.4. The van der Waals surface area contributed by atoms with E-state index in [-0.39, 0.29) is 0 Å². The second-order valence-electron chi connectivity index (χ2n) is 4.11. The van der Waals surface area contributed by atoms with Crippen molar-refractivity contribution in [1.82, 2.24) is 20.3 Å². The summed E-state index contributed by atoms with van der Waals surface area (Å²) >= 11 is 0. The van der Waals surface area contributed by atoms with E-state index in [1.807, 2.05) is 4.90 Å². The van der Waals surface area contributed by atoms with Crippen LogP contribution >= 0.6 is 0 Å². The minimum atomic E-state index is -1.14. The van der Waals surface area contributed by atoms with Gasteiger partial charge in [-0.05, 0) is 6.07 Å². The summed E-state index contributed by atoms with van der Waals surface area (Å²) in [7, 11) is 0. The molecule has 2 heterocycles. The van der Waals surface area contributed by atoms with Crippen LogP contribution in [0, 0.1) is 0 Å². The molecular formula is C11H15N5O4. The van der Waals surface area contributed by atoms with Crippen LogP contribution in [0.2, 0.25) is 0 Å². The molecule has 1 aromatic heterocycles. The standard InChI is InChI=1S/C11H15N5O4/c17-9(18)8-20-14-11(19)16-6-4-15(5-7-16)10-12-2-1-3-13-10/h1-3H,4-8H2,(H,14,19)(H,17,18). The van der Waals surface area contributed by atoms with E-state index in [2.05, 4.69) is 20.3 Å². The Morgan fingerprint density at radius 1 is 1.25 bits per heavy atom. The third-order valence-corrected chi connectivity index (χ3v) is 2.76. The van der Waals surface area contributed by atoms with Gasteiger partial charge >= 0.3 is 12.0 Å². The largest absolute Gasteiger partial charge is 0.479 e. The third kappa shape index (κ3) is 3.79. The zero-order valence-electron chi connectivity index (χ0n) is 10.7. The number of piperazine rings is 1. The molecule has 9 nitrogen and oxygen atoms in total. The summed E-state index contributed by atoms with van der Waals surface area (Å²) < 4.78 is 0. The Labute approximate surface area is 115 Å². The van der Waals surface area contributed by atoms with Crippen LogP contribution in [-0.4, -0.2) is 64.8 Å². The molecule has 0 aromatic carbocycles. The first kappa shape index (κ1) is 14.0. The highest BCUT2D eigenvalue weighted by atomic mass is 16.7. The van der Waals surface area contributed by atoms with Gasteiger partial charge in [0.1, 0.15) is 0 Å². The van der Waals surface area contributed by atoms with Crippen LogP contribution in [-0.2, 0) is 9.63 Å². The van der Waals surface area contributed by atoms with Gasteiger partial charge in [-0.25, -0.2) is 25.0 Å². The van der Waals surface area contributed by atoms with E-state index in [1.165, 1.54) is 0 Å². The highest BCUT2D eigenvalue weighted by molar-refractivity contribution is 5.74. The Bertz CT molecular complexity index is 461. The van der Waals surface area contributed by atoms with Crippen molar-refractivity contribution in [3.63, 3.8) is 0 Å². The number of urea groups is 1. The van der Waals surface area contributed by atoms with E-state index < -0.39 is 18.6 Å². The summed E-state index contributed by atoms with van der Waals surface area (Å²) in [5.74, 6) is -0.508. The lowest BCUT2D eigenvalue weighted by Crippen LogP contribution is -2.52. The number of amides is 2. The van der Waals surface area contributed by atoms with Crippen molar-refractivity contribution in [1.29, 1.82) is 0 Å². The number of carboxylic acids is 1. The summed E-state index contributed by atoms with van der Waals surface area (Å²) in [4.78, 5) is 38.3. The Hall–Kier alpha value is -2.42. The SMILES string of the molecule is O=C(O)CONC(=O)N1CCN(c2ncccn2)CC1. The molecule has 1 fully saturated rings. The molecule has 2 amide bonds. The number of rotatable bonds is 4. The van der Waals surface area contributed by atoms with Crippen LogP contribution in [0.4, 0.5) is 10.7 Å². The number of carbonyl (C=O) groups excluding carboxylic acids is 1. The fourth-order valence-electron chi connectivity index (χ4n) is 1.79. The molecule has 0 atom stereocenters. The second-order valence-corrected chi connectivity index (χ2v) is 4.11. The average molecular weight is 281 g/mol. The molecule has 108 valence electrons. The van der Waals surface area contributed by atoms with Gasteiger partial charge in [-0.15, -0.1) is 0 Å². The molecule has 0 unspecified atom stereocenters. The molecule has 1 saturated heterocycles. The molecule has 1 aliphatic rings. The summed E-state index contributed by atoms with van der Waals surface area (Å²) in [5, 5.41) is 8.39. The van der Waals surface area contributed by atoms with Gasteiger partial charge in [-0.1, -0.05) is 0 Å². The Balaban J connectivity index is 1.76. The van der Waals surface area contributed by atoms with E-state index >= 15 is 0 Å². The molecule has 9 heteroatoms. The first-order valence-electron chi connectivity index (χ1n) is 6.07. The van der Waals surface area contributed by atoms with Crippen molar-refractivity contribution in [3.8, 4) is 0 Å². The monoisotopic (exact) mass is 281 g/mol. The predicted octanol–water partition coefficient (Wildman–Crippen LogP) is -0.676. The highest BCUT2D eigenvalue weighted by Gasteiger charge is 2.22. The van der Waals surface area contributed by atoms with E-state index in [0.29, 0.717) is 32.1 Å². The summed E-state index contributed by atoms with van der Waals surface area (Å²) in [6.45, 7) is 1.62. The second kappa shape index (κ2) is 6.66. The smallest absolute Gasteiger partial charge is 0.341 e. The highest BCUT2D eigenvalue weighted by Crippen LogP contribution is 2.09. The van der Waals surface area contributed by atoms with Crippen LogP contribution in [0.1, 0.15) is 0 Å². The Morgan fingerprint density at radius 2 is 1.90 bits per heavy atom. The molecule has 2 rings (SSSR count). The fraction of sp³-hybridized carbons (Fsp3) is 0.455. The minimum absolute atomic E-state index is 0.445. The van der Waals surface area contributed by atoms with Crippen molar-refractivity contribution < 1.29 is 19.5 Å². The Morgan fingerprint density at radius 3 is 2.50 bits per heavy atom. The van der Waals surface area contributed by atoms with Crippen molar-refractivity contribution in [3.05, 3.63) is 18.5 Å². The normalized spacial score (nSPS) is 15.0. The first-order chi connectivity index (χ1) is 9.66. The summed E-state index contributed by atoms with van der Waals surface area (Å²) in [6, 6.07) is 1.30. The minimum Gasteiger partial charge on any atom is -0.479 e. The van der Waals surface area contributed by atoms with E-state index in [0.717, 1.165) is 0 Å². The number of hydrogen-bond acceptors (Lipinski definition) is 6. The van der Waals surface area contributed by atoms with Crippen LogP contribution in [0.5, 0.6) is 0 Å². The number of aromatic nitrogens is 2. The summed E-state index contributed by atoms with van der Waals surface area (Å²) in [5.41, 5.74) is 2.09. The molecule has 0 bridgehead atoms. The molecule has 0 radical (unpaired) electrons. The number of nitrogens with one attached hydrogen (secondary N) is 1. The third-order valence-electron chi connectivity index (χ3n) is 2.76. The quantitative estimate of drug-likeness (QED) is 0.704. The number of hydroxylamine groups is 1. The lowest BCUT2D eigenvalue weighted by Gasteiger charge is -2.34. The van der Waals surface area contributed by atoms with E-state index in [4.69, 9.17) is 5.11 Å². The molecular weight excluding hydrogens is 266 g/mol. The molecule has 1 aliphatic heterocycles. The van der Waals surface area contributed by atoms with E-state index in [1.54, 1.807) is 23.4 Å². The number of hydrogen-bond donors (Lipinski definition) is 2. The maximum Gasteiger partial charge on any atom is 0.341 e. The molecule has 20 heavy (non-hydrogen) atoms. The first-order valence-corrected chi connectivity index (χ1v) is 6.07. The predicted molar refractivity (Wildman–Crippen MR) is 67.9 cm³/mol. The van der Waals surface area contributed by atoms with E-state index in [9.17, 15) is 9.59 Å². The van der Waals surface area contributed by atoms with Gasteiger partial charge in [0.15, 0.2) is 6.61 Å². The molecule has 0 saturated carbocycles. The summed E-state index contributed by atoms with van der Waals surface area (Å²) in [6.07, 6.45) is 3.34. The lowest BCUT2D eigenvalue weighted by molar-refractivity contribution is -0.144. The van der Waals surface area contributed by atoms with Gasteiger partial charge in [0.05, 0.1) is 0 Å². The zero-order valence-corrected chi connectivity index (χ0v) is 10.7. The van der Waals surface area contributed by atoms with Gasteiger partial charge < -0.3 is 14.9 Å². The molecule has 2 N–H and O–H groups in total. The topological polar surface area (TPSA) is 108 Å². The van der Waals surface area contributed by atoms with Crippen molar-refractivity contribution in [2.24, 2.45) is 0 Å². The molecule has 1 aromatic rings. The van der Waals surface area contributed by atoms with Crippen molar-refractivity contribution in [2.75, 3.05) is 37.7 Å². The fourth-order valence-corrected chi connectivity index (χ4v) is 1.79. The number of carboxylic acid groups (broad SMARTS) is 1. The lowest BCUT2D eigenvalue weighted by atomic mass is 10.3. The van der Waals surface area contributed by atoms with Gasteiger partial charge in [0, 0.05) is 38.6 Å². The van der Waals surface area contributed by atoms with Gasteiger partial charge in [0.2, 0.25) is 5.95 Å². The molecule has 0 spiro atoms. The number of nitrogens with zero attached hydrogens (tertiary/aromatic N) is 4. The Kier molecular flexibility index (Phi) is 4.66. The van der Waals surface area contributed by atoms with Gasteiger partial charge in [0.25, 0.3) is 0 Å². The maximum absolute atomic E-state index is 11.7. The van der Waals surface area contributed by atoms with Gasteiger partial charge in [-0.3, -0.25) is 4.84 Å². The number of anilines is 1. The van der Waals surface area contributed by atoms with Crippen LogP contribution < -0.4 is 10.4 Å². The number of carbonyl (C=O) groups is 2. The number of aliphatic carboxylic acids is 1. The van der Waals surface area contributed by atoms with Crippen LogP contribution in [0.3, 0.4) is 0 Å². The van der Waals surface area contributed by atoms with Crippen molar-refractivity contribution >= 4 is 17.9 Å². The van der Waals surface area contributed by atoms with Crippen molar-refractivity contribution in [2.45, 2.75) is 0 Å².